The molecule has 2 rings (SSSR count). The van der Waals surface area contributed by atoms with Crippen molar-refractivity contribution in [3.8, 4) is 6.07 Å². The fraction of sp³-hybridized carbons (Fsp3) is 0.450. The van der Waals surface area contributed by atoms with E-state index in [1.807, 2.05) is 24.3 Å². The molecule has 1 aromatic carbocycles. The zero-order valence-electron chi connectivity index (χ0n) is 15.1. The minimum absolute atomic E-state index is 0.113. The van der Waals surface area contributed by atoms with Crippen molar-refractivity contribution in [2.24, 2.45) is 0 Å². The van der Waals surface area contributed by atoms with Gasteiger partial charge < -0.3 is 15.4 Å². The Morgan fingerprint density at radius 2 is 1.92 bits per heavy atom. The number of amides is 1. The lowest BCUT2D eigenvalue weighted by Gasteiger charge is -2.31. The van der Waals surface area contributed by atoms with Crippen LogP contribution < -0.4 is 10.6 Å². The maximum Gasteiger partial charge on any atom is 0.330 e. The van der Waals surface area contributed by atoms with Crippen LogP contribution in [0.15, 0.2) is 30.3 Å². The Balaban J connectivity index is 1.83. The van der Waals surface area contributed by atoms with Gasteiger partial charge in [-0.1, -0.05) is 31.4 Å². The molecule has 0 aliphatic heterocycles. The van der Waals surface area contributed by atoms with Crippen molar-refractivity contribution in [1.29, 1.82) is 5.26 Å². The third-order valence-corrected chi connectivity index (χ3v) is 4.36. The highest BCUT2D eigenvalue weighted by molar-refractivity contribution is 5.87. The van der Waals surface area contributed by atoms with Crippen molar-refractivity contribution in [2.75, 3.05) is 18.5 Å². The third-order valence-electron chi connectivity index (χ3n) is 4.36. The maximum absolute atomic E-state index is 12.2. The van der Waals surface area contributed by atoms with Gasteiger partial charge in [-0.25, -0.2) is 4.79 Å². The molecule has 1 aromatic rings. The Morgan fingerprint density at radius 3 is 2.54 bits per heavy atom. The molecule has 26 heavy (non-hydrogen) atoms. The first-order chi connectivity index (χ1) is 12.6. The van der Waals surface area contributed by atoms with Gasteiger partial charge >= 0.3 is 5.97 Å². The van der Waals surface area contributed by atoms with Crippen molar-refractivity contribution in [2.45, 2.75) is 44.6 Å². The molecule has 0 spiro atoms. The van der Waals surface area contributed by atoms with Crippen molar-refractivity contribution in [3.63, 3.8) is 0 Å². The number of carbonyl (C=O) groups is 2. The molecule has 1 aliphatic rings. The second-order valence-corrected chi connectivity index (χ2v) is 6.36. The summed E-state index contributed by atoms with van der Waals surface area (Å²) in [5, 5.41) is 15.3. The number of nitrogens with zero attached hydrogens (tertiary/aromatic N) is 1. The van der Waals surface area contributed by atoms with Crippen LogP contribution in [0.2, 0.25) is 0 Å². The smallest absolute Gasteiger partial charge is 0.330 e. The second-order valence-electron chi connectivity index (χ2n) is 6.36. The van der Waals surface area contributed by atoms with E-state index in [0.29, 0.717) is 6.61 Å². The molecule has 0 unspecified atom stereocenters. The van der Waals surface area contributed by atoms with E-state index in [1.165, 1.54) is 6.08 Å². The highest BCUT2D eigenvalue weighted by Gasteiger charge is 2.33. The van der Waals surface area contributed by atoms with Crippen molar-refractivity contribution in [3.05, 3.63) is 35.9 Å². The van der Waals surface area contributed by atoms with Gasteiger partial charge in [0.25, 0.3) is 0 Å². The van der Waals surface area contributed by atoms with E-state index in [9.17, 15) is 14.9 Å². The highest BCUT2D eigenvalue weighted by atomic mass is 16.5. The Morgan fingerprint density at radius 1 is 1.23 bits per heavy atom. The van der Waals surface area contributed by atoms with Gasteiger partial charge in [0.05, 0.1) is 19.2 Å². The molecular weight excluding hydrogens is 330 g/mol. The van der Waals surface area contributed by atoms with Gasteiger partial charge in [-0.05, 0) is 43.5 Å². The lowest BCUT2D eigenvalue weighted by Crippen LogP contribution is -2.50. The number of ether oxygens (including phenoxy) is 1. The van der Waals surface area contributed by atoms with Crippen LogP contribution in [0.3, 0.4) is 0 Å². The number of nitriles is 1. The molecule has 0 aromatic heterocycles. The second kappa shape index (κ2) is 9.62. The number of nitrogens with one attached hydrogen (secondary N) is 2. The summed E-state index contributed by atoms with van der Waals surface area (Å²) in [5.74, 6) is -0.555. The molecule has 2 N–H and O–H groups in total. The number of esters is 1. The lowest BCUT2D eigenvalue weighted by molar-refractivity contribution is -0.137. The normalized spacial score (nSPS) is 15.8. The molecule has 0 saturated heterocycles. The molecule has 0 bridgehead atoms. The first kappa shape index (κ1) is 19.5. The quantitative estimate of drug-likeness (QED) is 0.579. The van der Waals surface area contributed by atoms with Gasteiger partial charge in [0.2, 0.25) is 5.91 Å². The van der Waals surface area contributed by atoms with E-state index < -0.39 is 5.54 Å². The first-order valence-electron chi connectivity index (χ1n) is 8.98. The molecule has 1 aliphatic carbocycles. The van der Waals surface area contributed by atoms with Crippen LogP contribution in [-0.2, 0) is 14.3 Å². The number of hydrogen-bond donors (Lipinski definition) is 2. The molecule has 6 heteroatoms. The van der Waals surface area contributed by atoms with Gasteiger partial charge in [0, 0.05) is 11.8 Å². The number of rotatable bonds is 7. The molecule has 1 saturated carbocycles. The van der Waals surface area contributed by atoms with Gasteiger partial charge in [-0.2, -0.15) is 5.26 Å². The summed E-state index contributed by atoms with van der Waals surface area (Å²) >= 11 is 0. The zero-order chi connectivity index (χ0) is 18.8. The van der Waals surface area contributed by atoms with Crippen molar-refractivity contribution in [1.82, 2.24) is 5.32 Å². The molecule has 1 fully saturated rings. The van der Waals surface area contributed by atoms with Crippen LogP contribution in [0.25, 0.3) is 6.08 Å². The standard InChI is InChI=1S/C20H25N3O3/c1-2-26-19(25)11-8-16-6-9-17(10-7-16)22-14-18(24)23-20(15-21)12-4-3-5-13-20/h6-11,22H,2-5,12-14H2,1H3,(H,23,24)/b11-8+. The number of carbonyl (C=O) groups excluding carboxylic acids is 2. The fourth-order valence-electron chi connectivity index (χ4n) is 2.98. The minimum Gasteiger partial charge on any atom is -0.463 e. The molecule has 1 amide bonds. The van der Waals surface area contributed by atoms with Crippen molar-refractivity contribution < 1.29 is 14.3 Å². The average Bonchev–Trinajstić information content (AvgIpc) is 2.66. The summed E-state index contributed by atoms with van der Waals surface area (Å²) in [7, 11) is 0. The van der Waals surface area contributed by atoms with E-state index in [0.717, 1.165) is 43.4 Å². The Labute approximate surface area is 154 Å². The van der Waals surface area contributed by atoms with E-state index in [2.05, 4.69) is 16.7 Å². The van der Waals surface area contributed by atoms with Crippen LogP contribution >= 0.6 is 0 Å². The summed E-state index contributed by atoms with van der Waals surface area (Å²) < 4.78 is 4.83. The number of benzene rings is 1. The summed E-state index contributed by atoms with van der Waals surface area (Å²) in [5.41, 5.74) is 0.945. The van der Waals surface area contributed by atoms with Crippen LogP contribution in [0.5, 0.6) is 0 Å². The van der Waals surface area contributed by atoms with E-state index in [4.69, 9.17) is 4.74 Å². The highest BCUT2D eigenvalue weighted by Crippen LogP contribution is 2.27. The average molecular weight is 355 g/mol. The molecular formula is C20H25N3O3. The van der Waals surface area contributed by atoms with Crippen LogP contribution in [-0.4, -0.2) is 30.6 Å². The SMILES string of the molecule is CCOC(=O)/C=C/c1ccc(NCC(=O)NC2(C#N)CCCCC2)cc1. The van der Waals surface area contributed by atoms with Gasteiger partial charge in [-0.15, -0.1) is 0 Å². The molecule has 138 valence electrons. The maximum atomic E-state index is 12.2. The predicted octanol–water partition coefficient (Wildman–Crippen LogP) is 3.02. The van der Waals surface area contributed by atoms with Crippen molar-refractivity contribution >= 4 is 23.6 Å². The molecule has 6 nitrogen and oxygen atoms in total. The lowest BCUT2D eigenvalue weighted by atomic mass is 9.83. The fourth-order valence-corrected chi connectivity index (χ4v) is 2.98. The summed E-state index contributed by atoms with van der Waals surface area (Å²) in [6.07, 6.45) is 7.56. The monoisotopic (exact) mass is 355 g/mol. The zero-order valence-corrected chi connectivity index (χ0v) is 15.1. The molecule has 0 radical (unpaired) electrons. The summed E-state index contributed by atoms with van der Waals surface area (Å²) in [6, 6.07) is 9.63. The summed E-state index contributed by atoms with van der Waals surface area (Å²) in [6.45, 7) is 2.22. The van der Waals surface area contributed by atoms with Gasteiger partial charge in [0.15, 0.2) is 0 Å². The van der Waals surface area contributed by atoms with E-state index in [1.54, 1.807) is 13.0 Å². The minimum atomic E-state index is -0.710. The topological polar surface area (TPSA) is 91.2 Å². The predicted molar refractivity (Wildman–Crippen MR) is 100 cm³/mol. The van der Waals surface area contributed by atoms with E-state index >= 15 is 0 Å². The first-order valence-corrected chi connectivity index (χ1v) is 8.98. The van der Waals surface area contributed by atoms with Crippen LogP contribution in [0, 0.1) is 11.3 Å². The number of hydrogen-bond acceptors (Lipinski definition) is 5. The van der Waals surface area contributed by atoms with Gasteiger partial charge in [-0.3, -0.25) is 4.79 Å². The van der Waals surface area contributed by atoms with Crippen LogP contribution in [0.1, 0.15) is 44.6 Å². The van der Waals surface area contributed by atoms with Gasteiger partial charge in [0.1, 0.15) is 5.54 Å². The molecule has 0 atom stereocenters. The van der Waals surface area contributed by atoms with Crippen LogP contribution in [0.4, 0.5) is 5.69 Å². The number of anilines is 1. The third kappa shape index (κ3) is 5.92. The molecule has 0 heterocycles. The Kier molecular flexibility index (Phi) is 7.22. The Bertz CT molecular complexity index is 683. The largest absolute Gasteiger partial charge is 0.463 e. The Hall–Kier alpha value is -2.81. The summed E-state index contributed by atoms with van der Waals surface area (Å²) in [4.78, 5) is 23.5. The van der Waals surface area contributed by atoms with E-state index in [-0.39, 0.29) is 18.4 Å².